The molecule has 1 atom stereocenters. The SMILES string of the molecule is COc1ccc(CCNC(=O)C(C)OC(=O)c2ccoc2)cc1. The maximum Gasteiger partial charge on any atom is 0.342 e. The van der Waals surface area contributed by atoms with Crippen LogP contribution in [0.1, 0.15) is 22.8 Å². The summed E-state index contributed by atoms with van der Waals surface area (Å²) in [5.74, 6) is -0.135. The summed E-state index contributed by atoms with van der Waals surface area (Å²) in [5, 5.41) is 2.74. The van der Waals surface area contributed by atoms with Crippen molar-refractivity contribution in [2.24, 2.45) is 0 Å². The second-order valence-corrected chi connectivity index (χ2v) is 4.95. The minimum Gasteiger partial charge on any atom is -0.497 e. The minimum absolute atomic E-state index is 0.280. The van der Waals surface area contributed by atoms with Gasteiger partial charge in [-0.3, -0.25) is 4.79 Å². The van der Waals surface area contributed by atoms with Crippen LogP contribution in [-0.4, -0.2) is 31.6 Å². The Kier molecular flexibility index (Phi) is 5.80. The Labute approximate surface area is 134 Å². The van der Waals surface area contributed by atoms with Gasteiger partial charge in [-0.25, -0.2) is 4.79 Å². The van der Waals surface area contributed by atoms with E-state index < -0.39 is 12.1 Å². The van der Waals surface area contributed by atoms with E-state index in [4.69, 9.17) is 13.9 Å². The first-order chi connectivity index (χ1) is 11.1. The van der Waals surface area contributed by atoms with Gasteiger partial charge in [0.2, 0.25) is 0 Å². The Bertz CT molecular complexity index is 634. The summed E-state index contributed by atoms with van der Waals surface area (Å²) in [6.07, 6.45) is 2.46. The van der Waals surface area contributed by atoms with Gasteiger partial charge in [-0.2, -0.15) is 0 Å². The molecule has 1 amide bonds. The monoisotopic (exact) mass is 317 g/mol. The van der Waals surface area contributed by atoms with E-state index >= 15 is 0 Å². The molecule has 6 nitrogen and oxygen atoms in total. The fourth-order valence-electron chi connectivity index (χ4n) is 1.93. The Morgan fingerprint density at radius 3 is 2.57 bits per heavy atom. The van der Waals surface area contributed by atoms with Crippen molar-refractivity contribution >= 4 is 11.9 Å². The molecule has 1 aromatic carbocycles. The summed E-state index contributed by atoms with van der Waals surface area (Å²) in [7, 11) is 1.61. The first kappa shape index (κ1) is 16.6. The largest absolute Gasteiger partial charge is 0.497 e. The molecule has 1 heterocycles. The highest BCUT2D eigenvalue weighted by molar-refractivity contribution is 5.91. The maximum atomic E-state index is 11.9. The van der Waals surface area contributed by atoms with Gasteiger partial charge >= 0.3 is 5.97 Å². The number of amides is 1. The van der Waals surface area contributed by atoms with Gasteiger partial charge in [0, 0.05) is 6.54 Å². The minimum atomic E-state index is -0.867. The molecular formula is C17H19NO5. The van der Waals surface area contributed by atoms with Crippen LogP contribution in [0, 0.1) is 0 Å². The molecule has 122 valence electrons. The molecule has 23 heavy (non-hydrogen) atoms. The third-order valence-corrected chi connectivity index (χ3v) is 3.28. The van der Waals surface area contributed by atoms with Gasteiger partial charge in [-0.1, -0.05) is 12.1 Å². The molecule has 1 unspecified atom stereocenters. The van der Waals surface area contributed by atoms with Crippen molar-refractivity contribution < 1.29 is 23.5 Å². The second-order valence-electron chi connectivity index (χ2n) is 4.95. The summed E-state index contributed by atoms with van der Waals surface area (Å²) in [6, 6.07) is 9.09. The van der Waals surface area contributed by atoms with Crippen LogP contribution in [0.25, 0.3) is 0 Å². The highest BCUT2D eigenvalue weighted by Crippen LogP contribution is 2.11. The number of benzene rings is 1. The Balaban J connectivity index is 1.74. The molecule has 1 N–H and O–H groups in total. The van der Waals surface area contributed by atoms with E-state index in [1.807, 2.05) is 24.3 Å². The second kappa shape index (κ2) is 8.03. The lowest BCUT2D eigenvalue weighted by atomic mass is 10.1. The van der Waals surface area contributed by atoms with E-state index in [1.54, 1.807) is 7.11 Å². The van der Waals surface area contributed by atoms with Crippen molar-refractivity contribution in [3.8, 4) is 5.75 Å². The summed E-state index contributed by atoms with van der Waals surface area (Å²) in [4.78, 5) is 23.6. The van der Waals surface area contributed by atoms with E-state index in [9.17, 15) is 9.59 Å². The number of furan rings is 1. The Hall–Kier alpha value is -2.76. The highest BCUT2D eigenvalue weighted by Gasteiger charge is 2.19. The smallest absolute Gasteiger partial charge is 0.342 e. The lowest BCUT2D eigenvalue weighted by Crippen LogP contribution is -2.36. The fourth-order valence-corrected chi connectivity index (χ4v) is 1.93. The highest BCUT2D eigenvalue weighted by atomic mass is 16.5. The Morgan fingerprint density at radius 1 is 1.22 bits per heavy atom. The molecule has 0 bridgehead atoms. The third-order valence-electron chi connectivity index (χ3n) is 3.28. The standard InChI is InChI=1S/C17H19NO5/c1-12(23-17(20)14-8-10-22-11-14)16(19)18-9-7-13-3-5-15(21-2)6-4-13/h3-6,8,10-12H,7,9H2,1-2H3,(H,18,19). The normalized spacial score (nSPS) is 11.6. The molecule has 0 spiro atoms. The van der Waals surface area contributed by atoms with Crippen LogP contribution in [0.3, 0.4) is 0 Å². The fraction of sp³-hybridized carbons (Fsp3) is 0.294. The molecule has 0 aliphatic rings. The van der Waals surface area contributed by atoms with Gasteiger partial charge in [0.05, 0.1) is 18.9 Å². The zero-order chi connectivity index (χ0) is 16.7. The van der Waals surface area contributed by atoms with Gasteiger partial charge in [-0.15, -0.1) is 0 Å². The van der Waals surface area contributed by atoms with Crippen LogP contribution in [0.2, 0.25) is 0 Å². The van der Waals surface area contributed by atoms with E-state index in [1.165, 1.54) is 25.5 Å². The Morgan fingerprint density at radius 2 is 1.96 bits per heavy atom. The number of carbonyl (C=O) groups is 2. The van der Waals surface area contributed by atoms with Gasteiger partial charge in [0.15, 0.2) is 6.10 Å². The van der Waals surface area contributed by atoms with Crippen molar-refractivity contribution in [3.63, 3.8) is 0 Å². The topological polar surface area (TPSA) is 77.8 Å². The summed E-state index contributed by atoms with van der Waals surface area (Å²) in [6.45, 7) is 1.99. The average molecular weight is 317 g/mol. The van der Waals surface area contributed by atoms with E-state index in [0.29, 0.717) is 13.0 Å². The van der Waals surface area contributed by atoms with Crippen LogP contribution in [0.15, 0.2) is 47.3 Å². The molecule has 0 radical (unpaired) electrons. The first-order valence-corrected chi connectivity index (χ1v) is 7.24. The number of rotatable bonds is 7. The van der Waals surface area contributed by atoms with Gasteiger partial charge in [-0.05, 0) is 37.1 Å². The van der Waals surface area contributed by atoms with Crippen molar-refractivity contribution in [3.05, 3.63) is 54.0 Å². The summed E-state index contributed by atoms with van der Waals surface area (Å²) in [5.41, 5.74) is 1.36. The van der Waals surface area contributed by atoms with Crippen molar-refractivity contribution in [1.29, 1.82) is 0 Å². The number of methoxy groups -OCH3 is 1. The summed E-state index contributed by atoms with van der Waals surface area (Å²) >= 11 is 0. The quantitative estimate of drug-likeness (QED) is 0.792. The van der Waals surface area contributed by atoms with E-state index in [-0.39, 0.29) is 11.5 Å². The number of esters is 1. The molecule has 0 saturated carbocycles. The zero-order valence-corrected chi connectivity index (χ0v) is 13.1. The predicted octanol–water partition coefficient (Wildman–Crippen LogP) is 2.19. The average Bonchev–Trinajstić information content (AvgIpc) is 3.10. The molecule has 0 aliphatic heterocycles. The van der Waals surface area contributed by atoms with E-state index in [0.717, 1.165) is 11.3 Å². The number of carbonyl (C=O) groups excluding carboxylic acids is 2. The molecule has 2 aromatic rings. The van der Waals surface area contributed by atoms with Crippen LogP contribution >= 0.6 is 0 Å². The molecule has 2 rings (SSSR count). The third kappa shape index (κ3) is 4.88. The van der Waals surface area contributed by atoms with E-state index in [2.05, 4.69) is 5.32 Å². The molecule has 0 fully saturated rings. The van der Waals surface area contributed by atoms with Gasteiger partial charge < -0.3 is 19.2 Å². The zero-order valence-electron chi connectivity index (χ0n) is 13.1. The van der Waals surface area contributed by atoms with Gasteiger partial charge in [0.1, 0.15) is 12.0 Å². The molecule has 1 aromatic heterocycles. The summed E-state index contributed by atoms with van der Waals surface area (Å²) < 4.78 is 14.9. The number of nitrogens with one attached hydrogen (secondary N) is 1. The first-order valence-electron chi connectivity index (χ1n) is 7.24. The van der Waals surface area contributed by atoms with Crippen molar-refractivity contribution in [2.75, 3.05) is 13.7 Å². The number of hydrogen-bond donors (Lipinski definition) is 1. The lowest BCUT2D eigenvalue weighted by molar-refractivity contribution is -0.129. The molecule has 0 aliphatic carbocycles. The van der Waals surface area contributed by atoms with Crippen LogP contribution < -0.4 is 10.1 Å². The molecular weight excluding hydrogens is 298 g/mol. The predicted molar refractivity (Wildman–Crippen MR) is 83.3 cm³/mol. The van der Waals surface area contributed by atoms with Crippen molar-refractivity contribution in [2.45, 2.75) is 19.4 Å². The van der Waals surface area contributed by atoms with Crippen molar-refractivity contribution in [1.82, 2.24) is 5.32 Å². The maximum absolute atomic E-state index is 11.9. The van der Waals surface area contributed by atoms with Crippen LogP contribution in [-0.2, 0) is 16.0 Å². The number of ether oxygens (including phenoxy) is 2. The lowest BCUT2D eigenvalue weighted by Gasteiger charge is -2.13. The molecule has 0 saturated heterocycles. The molecule has 6 heteroatoms. The van der Waals surface area contributed by atoms with Crippen LogP contribution in [0.5, 0.6) is 5.75 Å². The van der Waals surface area contributed by atoms with Gasteiger partial charge in [0.25, 0.3) is 5.91 Å². The van der Waals surface area contributed by atoms with Crippen LogP contribution in [0.4, 0.5) is 0 Å². The number of hydrogen-bond acceptors (Lipinski definition) is 5.